The number of anilines is 1. The molecule has 3 aromatic rings. The molecule has 0 spiro atoms. The van der Waals surface area contributed by atoms with E-state index in [2.05, 4.69) is 10.3 Å². The van der Waals surface area contributed by atoms with Gasteiger partial charge in [-0.3, -0.25) is 5.32 Å². The summed E-state index contributed by atoms with van der Waals surface area (Å²) in [7, 11) is 0. The first-order valence-corrected chi connectivity index (χ1v) is 7.21. The number of nitrogens with zero attached hydrogens (tertiary/aromatic N) is 1. The van der Waals surface area contributed by atoms with Crippen LogP contribution in [0.3, 0.4) is 0 Å². The molecule has 0 unspecified atom stereocenters. The van der Waals surface area contributed by atoms with Gasteiger partial charge in [-0.15, -0.1) is 0 Å². The number of ether oxygens (including phenoxy) is 1. The summed E-state index contributed by atoms with van der Waals surface area (Å²) in [5.74, 6) is 0.675. The zero-order chi connectivity index (χ0) is 15.2. The normalized spacial score (nSPS) is 10.2. The average molecular weight is 310 g/mol. The molecule has 0 bridgehead atoms. The molecule has 0 aliphatic heterocycles. The molecule has 1 N–H and O–H groups in total. The second-order valence-electron chi connectivity index (χ2n) is 4.58. The van der Waals surface area contributed by atoms with Gasteiger partial charge in [0.15, 0.2) is 5.76 Å². The van der Waals surface area contributed by atoms with E-state index < -0.39 is 0 Å². The molecule has 1 heterocycles. The fourth-order valence-corrected chi connectivity index (χ4v) is 2.06. The SMILES string of the molecule is S=C(Nc1ncc(-c2ccccc2)o1)OCc1ccccc1. The third kappa shape index (κ3) is 3.71. The van der Waals surface area contributed by atoms with E-state index in [0.29, 0.717) is 18.4 Å². The van der Waals surface area contributed by atoms with Gasteiger partial charge in [-0.1, -0.05) is 60.7 Å². The van der Waals surface area contributed by atoms with Crippen LogP contribution in [0.5, 0.6) is 0 Å². The number of thiocarbonyl (C=S) groups is 1. The molecule has 0 radical (unpaired) electrons. The maximum absolute atomic E-state index is 5.60. The lowest BCUT2D eigenvalue weighted by molar-refractivity contribution is 0.299. The summed E-state index contributed by atoms with van der Waals surface area (Å²) in [5.41, 5.74) is 2.00. The summed E-state index contributed by atoms with van der Waals surface area (Å²) in [6.45, 7) is 0.402. The lowest BCUT2D eigenvalue weighted by Crippen LogP contribution is -2.13. The number of oxazole rings is 1. The van der Waals surface area contributed by atoms with Crippen LogP contribution in [0, 0.1) is 0 Å². The number of nitrogens with one attached hydrogen (secondary N) is 1. The lowest BCUT2D eigenvalue weighted by atomic mass is 10.2. The van der Waals surface area contributed by atoms with E-state index in [1.807, 2.05) is 60.7 Å². The Bertz CT molecular complexity index is 742. The Hall–Kier alpha value is -2.66. The molecule has 0 amide bonds. The number of benzene rings is 2. The first-order valence-electron chi connectivity index (χ1n) is 6.80. The van der Waals surface area contributed by atoms with Gasteiger partial charge in [-0.25, -0.2) is 4.98 Å². The van der Waals surface area contributed by atoms with Gasteiger partial charge in [0.25, 0.3) is 5.17 Å². The van der Waals surface area contributed by atoms with Gasteiger partial charge >= 0.3 is 6.01 Å². The van der Waals surface area contributed by atoms with Crippen molar-refractivity contribution >= 4 is 23.4 Å². The van der Waals surface area contributed by atoms with Crippen molar-refractivity contribution in [3.8, 4) is 11.3 Å². The Morgan fingerprint density at radius 3 is 2.45 bits per heavy atom. The number of rotatable bonds is 4. The van der Waals surface area contributed by atoms with Gasteiger partial charge in [0.05, 0.1) is 6.20 Å². The predicted molar refractivity (Wildman–Crippen MR) is 89.4 cm³/mol. The predicted octanol–water partition coefficient (Wildman–Crippen LogP) is 4.26. The molecule has 0 atom stereocenters. The molecule has 4 nitrogen and oxygen atoms in total. The molecule has 3 rings (SSSR count). The van der Waals surface area contributed by atoms with Crippen molar-refractivity contribution in [3.63, 3.8) is 0 Å². The van der Waals surface area contributed by atoms with Gasteiger partial charge in [0.1, 0.15) is 6.61 Å². The zero-order valence-electron chi connectivity index (χ0n) is 11.7. The van der Waals surface area contributed by atoms with Crippen molar-refractivity contribution in [3.05, 3.63) is 72.4 Å². The van der Waals surface area contributed by atoms with Crippen molar-refractivity contribution in [1.29, 1.82) is 0 Å². The molecular formula is C17H14N2O2S. The minimum absolute atomic E-state index is 0.227. The summed E-state index contributed by atoms with van der Waals surface area (Å²) < 4.78 is 11.1. The number of hydrogen-bond acceptors (Lipinski definition) is 4. The fourth-order valence-electron chi connectivity index (χ4n) is 1.91. The quantitative estimate of drug-likeness (QED) is 0.730. The summed E-state index contributed by atoms with van der Waals surface area (Å²) in [6, 6.07) is 19.9. The van der Waals surface area contributed by atoms with Crippen LogP contribution in [0.1, 0.15) is 5.56 Å². The molecule has 0 aliphatic carbocycles. The highest BCUT2D eigenvalue weighted by molar-refractivity contribution is 7.80. The topological polar surface area (TPSA) is 47.3 Å². The van der Waals surface area contributed by atoms with E-state index in [1.165, 1.54) is 0 Å². The highest BCUT2D eigenvalue weighted by Crippen LogP contribution is 2.21. The second kappa shape index (κ2) is 6.87. The van der Waals surface area contributed by atoms with Crippen LogP contribution < -0.4 is 5.32 Å². The first-order chi connectivity index (χ1) is 10.8. The molecule has 22 heavy (non-hydrogen) atoms. The molecule has 110 valence electrons. The summed E-state index contributed by atoms with van der Waals surface area (Å²) in [4.78, 5) is 4.14. The van der Waals surface area contributed by atoms with E-state index in [4.69, 9.17) is 21.4 Å². The molecule has 0 fully saturated rings. The monoisotopic (exact) mass is 310 g/mol. The van der Waals surface area contributed by atoms with Crippen molar-refractivity contribution < 1.29 is 9.15 Å². The van der Waals surface area contributed by atoms with E-state index in [-0.39, 0.29) is 5.17 Å². The standard InChI is InChI=1S/C17H14N2O2S/c22-17(20-12-13-7-3-1-4-8-13)19-16-18-11-15(21-16)14-9-5-2-6-10-14/h1-11H,12H2,(H,18,19,22). The maximum Gasteiger partial charge on any atom is 0.302 e. The Kier molecular flexibility index (Phi) is 4.46. The lowest BCUT2D eigenvalue weighted by Gasteiger charge is -2.07. The van der Waals surface area contributed by atoms with Crippen LogP contribution in [-0.2, 0) is 11.3 Å². The van der Waals surface area contributed by atoms with Gasteiger partial charge in [-0.05, 0) is 17.8 Å². The van der Waals surface area contributed by atoms with E-state index in [1.54, 1.807) is 6.20 Å². The van der Waals surface area contributed by atoms with Gasteiger partial charge in [0.2, 0.25) is 0 Å². The number of hydrogen-bond donors (Lipinski definition) is 1. The van der Waals surface area contributed by atoms with E-state index >= 15 is 0 Å². The van der Waals surface area contributed by atoms with Crippen molar-refractivity contribution in [2.24, 2.45) is 0 Å². The summed E-state index contributed by atoms with van der Waals surface area (Å²) in [6.07, 6.45) is 1.65. The smallest absolute Gasteiger partial charge is 0.302 e. The largest absolute Gasteiger partial charge is 0.466 e. The maximum atomic E-state index is 5.60. The molecule has 0 saturated heterocycles. The summed E-state index contributed by atoms with van der Waals surface area (Å²) >= 11 is 5.13. The van der Waals surface area contributed by atoms with Crippen molar-refractivity contribution in [1.82, 2.24) is 4.98 Å². The minimum Gasteiger partial charge on any atom is -0.466 e. The Labute approximate surface area is 133 Å². The van der Waals surface area contributed by atoms with Crippen LogP contribution in [-0.4, -0.2) is 10.2 Å². The number of aromatic nitrogens is 1. The van der Waals surface area contributed by atoms with E-state index in [9.17, 15) is 0 Å². The van der Waals surface area contributed by atoms with Gasteiger partial charge in [-0.2, -0.15) is 0 Å². The van der Waals surface area contributed by atoms with Gasteiger partial charge in [0, 0.05) is 5.56 Å². The zero-order valence-corrected chi connectivity index (χ0v) is 12.5. The Morgan fingerprint density at radius 2 is 1.73 bits per heavy atom. The molecule has 1 aromatic heterocycles. The molecule has 0 saturated carbocycles. The van der Waals surface area contributed by atoms with Crippen LogP contribution in [0.4, 0.5) is 6.01 Å². The first kappa shape index (κ1) is 14.3. The van der Waals surface area contributed by atoms with Crippen LogP contribution in [0.15, 0.2) is 71.3 Å². The van der Waals surface area contributed by atoms with Crippen molar-refractivity contribution in [2.45, 2.75) is 6.61 Å². The molecule has 5 heteroatoms. The highest BCUT2D eigenvalue weighted by atomic mass is 32.1. The van der Waals surface area contributed by atoms with E-state index in [0.717, 1.165) is 11.1 Å². The Balaban J connectivity index is 1.57. The summed E-state index contributed by atoms with van der Waals surface area (Å²) in [5, 5.41) is 3.06. The average Bonchev–Trinajstić information content (AvgIpc) is 3.03. The van der Waals surface area contributed by atoms with Crippen molar-refractivity contribution in [2.75, 3.05) is 5.32 Å². The van der Waals surface area contributed by atoms with Gasteiger partial charge < -0.3 is 9.15 Å². The third-order valence-corrected chi connectivity index (χ3v) is 3.21. The molecular weight excluding hydrogens is 296 g/mol. The van der Waals surface area contributed by atoms with Crippen LogP contribution in [0.25, 0.3) is 11.3 Å². The highest BCUT2D eigenvalue weighted by Gasteiger charge is 2.08. The van der Waals surface area contributed by atoms with Crippen LogP contribution in [0.2, 0.25) is 0 Å². The minimum atomic E-state index is 0.227. The molecule has 0 aliphatic rings. The third-order valence-electron chi connectivity index (χ3n) is 2.99. The Morgan fingerprint density at radius 1 is 1.05 bits per heavy atom. The molecule has 2 aromatic carbocycles. The fraction of sp³-hybridized carbons (Fsp3) is 0.0588. The second-order valence-corrected chi connectivity index (χ2v) is 4.95. The van der Waals surface area contributed by atoms with Crippen LogP contribution >= 0.6 is 12.2 Å².